The third kappa shape index (κ3) is 4.83. The van der Waals surface area contributed by atoms with Crippen molar-refractivity contribution in [3.05, 3.63) is 84.4 Å². The number of nitrogens with zero attached hydrogens (tertiary/aromatic N) is 4. The van der Waals surface area contributed by atoms with E-state index >= 15 is 0 Å². The zero-order valence-electron chi connectivity index (χ0n) is 18.4. The molecule has 1 aromatic carbocycles. The second-order valence-electron chi connectivity index (χ2n) is 8.69. The highest BCUT2D eigenvalue weighted by Gasteiger charge is 2.43. The summed E-state index contributed by atoms with van der Waals surface area (Å²) in [6.07, 6.45) is 8.13. The summed E-state index contributed by atoms with van der Waals surface area (Å²) < 4.78 is 0. The van der Waals surface area contributed by atoms with Crippen molar-refractivity contribution in [2.24, 2.45) is 5.41 Å². The summed E-state index contributed by atoms with van der Waals surface area (Å²) in [7, 11) is 3.74. The number of hydrogen-bond donors (Lipinski definition) is 0. The Kier molecular flexibility index (Phi) is 6.42. The van der Waals surface area contributed by atoms with Crippen LogP contribution in [-0.2, 0) is 17.8 Å². The minimum absolute atomic E-state index is 0.208. The van der Waals surface area contributed by atoms with E-state index in [2.05, 4.69) is 51.3 Å². The van der Waals surface area contributed by atoms with Gasteiger partial charge in [0.15, 0.2) is 0 Å². The molecular formula is C26H30N4O. The minimum Gasteiger partial charge on any atom is -0.348 e. The van der Waals surface area contributed by atoms with E-state index in [1.165, 1.54) is 5.56 Å². The summed E-state index contributed by atoms with van der Waals surface area (Å²) >= 11 is 0. The van der Waals surface area contributed by atoms with E-state index < -0.39 is 5.41 Å². The summed E-state index contributed by atoms with van der Waals surface area (Å²) in [6.45, 7) is 2.50. The molecule has 1 atom stereocenters. The maximum Gasteiger partial charge on any atom is 0.229 e. The number of aromatic nitrogens is 2. The van der Waals surface area contributed by atoms with Gasteiger partial charge >= 0.3 is 0 Å². The fourth-order valence-corrected chi connectivity index (χ4v) is 4.79. The SMILES string of the molecule is CN(C)C(=O)[C@]1(Cc2ccccc2-c2cccnc2)CCCN(Cc2ccccn2)C1. The summed E-state index contributed by atoms with van der Waals surface area (Å²) in [4.78, 5) is 26.5. The summed E-state index contributed by atoms with van der Waals surface area (Å²) in [5, 5.41) is 0. The molecule has 1 saturated heterocycles. The lowest BCUT2D eigenvalue weighted by Crippen LogP contribution is -2.52. The molecule has 0 spiro atoms. The molecule has 1 fully saturated rings. The van der Waals surface area contributed by atoms with Crippen molar-refractivity contribution in [2.45, 2.75) is 25.8 Å². The van der Waals surface area contributed by atoms with Crippen molar-refractivity contribution >= 4 is 5.91 Å². The molecule has 1 aliphatic heterocycles. The Bertz CT molecular complexity index is 1010. The molecule has 0 aliphatic carbocycles. The lowest BCUT2D eigenvalue weighted by molar-refractivity contribution is -0.143. The third-order valence-corrected chi connectivity index (χ3v) is 6.15. The van der Waals surface area contributed by atoms with Gasteiger partial charge in [-0.25, -0.2) is 0 Å². The van der Waals surface area contributed by atoms with Crippen LogP contribution < -0.4 is 0 Å². The highest BCUT2D eigenvalue weighted by Crippen LogP contribution is 2.38. The van der Waals surface area contributed by atoms with E-state index in [0.717, 1.165) is 49.3 Å². The molecule has 31 heavy (non-hydrogen) atoms. The minimum atomic E-state index is -0.450. The van der Waals surface area contributed by atoms with Gasteiger partial charge in [-0.05, 0) is 55.1 Å². The number of carbonyl (C=O) groups excluding carboxylic acids is 1. The van der Waals surface area contributed by atoms with Gasteiger partial charge in [-0.3, -0.25) is 19.7 Å². The first-order valence-electron chi connectivity index (χ1n) is 10.9. The molecule has 3 aromatic rings. The molecule has 3 heterocycles. The van der Waals surface area contributed by atoms with Crippen LogP contribution in [0, 0.1) is 5.41 Å². The van der Waals surface area contributed by atoms with Crippen molar-refractivity contribution in [3.8, 4) is 11.1 Å². The molecule has 4 rings (SSSR count). The number of likely N-dealkylation sites (tertiary alicyclic amines) is 1. The van der Waals surface area contributed by atoms with Crippen LogP contribution in [0.3, 0.4) is 0 Å². The van der Waals surface area contributed by atoms with E-state index in [9.17, 15) is 4.79 Å². The van der Waals surface area contributed by atoms with Crippen molar-refractivity contribution in [1.29, 1.82) is 0 Å². The molecule has 0 radical (unpaired) electrons. The highest BCUT2D eigenvalue weighted by molar-refractivity contribution is 5.83. The van der Waals surface area contributed by atoms with Crippen LogP contribution in [0.4, 0.5) is 0 Å². The molecule has 5 nitrogen and oxygen atoms in total. The smallest absolute Gasteiger partial charge is 0.229 e. The van der Waals surface area contributed by atoms with Crippen LogP contribution in [0.5, 0.6) is 0 Å². The second kappa shape index (κ2) is 9.40. The Labute approximate surface area is 184 Å². The van der Waals surface area contributed by atoms with Crippen molar-refractivity contribution < 1.29 is 4.79 Å². The Morgan fingerprint density at radius 1 is 1.06 bits per heavy atom. The monoisotopic (exact) mass is 414 g/mol. The molecule has 0 N–H and O–H groups in total. The molecule has 160 valence electrons. The lowest BCUT2D eigenvalue weighted by atomic mass is 9.73. The second-order valence-corrected chi connectivity index (χ2v) is 8.69. The Morgan fingerprint density at radius 2 is 1.90 bits per heavy atom. The zero-order valence-corrected chi connectivity index (χ0v) is 18.4. The average Bonchev–Trinajstić information content (AvgIpc) is 2.80. The molecule has 1 aliphatic rings. The number of rotatable bonds is 6. The Morgan fingerprint density at radius 3 is 2.65 bits per heavy atom. The largest absolute Gasteiger partial charge is 0.348 e. The van der Waals surface area contributed by atoms with Crippen LogP contribution in [-0.4, -0.2) is 52.9 Å². The van der Waals surface area contributed by atoms with E-state index in [-0.39, 0.29) is 5.91 Å². The Balaban J connectivity index is 1.66. The fraction of sp³-hybridized carbons (Fsp3) is 0.346. The van der Waals surface area contributed by atoms with E-state index in [0.29, 0.717) is 6.42 Å². The standard InChI is InChI=1S/C26H30N4O/c1-29(2)25(31)26(13-8-16-30(20-26)19-23-11-5-6-15-28-23)17-21-9-3-4-12-24(21)22-10-7-14-27-18-22/h3-7,9-12,14-15,18H,8,13,16-17,19-20H2,1-2H3/t26-/m0/s1. The van der Waals surface area contributed by atoms with Gasteiger partial charge in [0.1, 0.15) is 0 Å². The summed E-state index contributed by atoms with van der Waals surface area (Å²) in [6, 6.07) is 18.5. The quantitative estimate of drug-likeness (QED) is 0.610. The van der Waals surface area contributed by atoms with E-state index in [1.807, 2.05) is 44.7 Å². The van der Waals surface area contributed by atoms with Crippen LogP contribution in [0.1, 0.15) is 24.1 Å². The molecule has 0 saturated carbocycles. The first-order valence-corrected chi connectivity index (χ1v) is 10.9. The number of carbonyl (C=O) groups is 1. The van der Waals surface area contributed by atoms with E-state index in [4.69, 9.17) is 0 Å². The predicted octanol–water partition coefficient (Wildman–Crippen LogP) is 4.06. The summed E-state index contributed by atoms with van der Waals surface area (Å²) in [5.41, 5.74) is 4.04. The normalized spacial score (nSPS) is 19.2. The van der Waals surface area contributed by atoms with Gasteiger partial charge < -0.3 is 4.90 Å². The van der Waals surface area contributed by atoms with Crippen molar-refractivity contribution in [2.75, 3.05) is 27.2 Å². The topological polar surface area (TPSA) is 49.3 Å². The highest BCUT2D eigenvalue weighted by atomic mass is 16.2. The maximum atomic E-state index is 13.5. The lowest BCUT2D eigenvalue weighted by Gasteiger charge is -2.43. The summed E-state index contributed by atoms with van der Waals surface area (Å²) in [5.74, 6) is 0.208. The van der Waals surface area contributed by atoms with Gasteiger partial charge in [0, 0.05) is 51.3 Å². The van der Waals surface area contributed by atoms with Crippen LogP contribution in [0.25, 0.3) is 11.1 Å². The number of amides is 1. The fourth-order valence-electron chi connectivity index (χ4n) is 4.79. The molecule has 0 bridgehead atoms. The van der Waals surface area contributed by atoms with Crippen LogP contribution in [0.15, 0.2) is 73.2 Å². The first-order chi connectivity index (χ1) is 15.1. The van der Waals surface area contributed by atoms with Crippen molar-refractivity contribution in [3.63, 3.8) is 0 Å². The zero-order chi connectivity index (χ0) is 21.7. The first kappa shape index (κ1) is 21.2. The van der Waals surface area contributed by atoms with Gasteiger partial charge in [0.2, 0.25) is 5.91 Å². The predicted molar refractivity (Wildman–Crippen MR) is 123 cm³/mol. The van der Waals surface area contributed by atoms with Gasteiger partial charge in [-0.2, -0.15) is 0 Å². The molecule has 5 heteroatoms. The maximum absolute atomic E-state index is 13.5. The Hall–Kier alpha value is -3.05. The number of hydrogen-bond acceptors (Lipinski definition) is 4. The third-order valence-electron chi connectivity index (χ3n) is 6.15. The number of piperidine rings is 1. The van der Waals surface area contributed by atoms with Crippen LogP contribution >= 0.6 is 0 Å². The molecule has 0 unspecified atom stereocenters. The molecule has 2 aromatic heterocycles. The van der Waals surface area contributed by atoms with Crippen LogP contribution in [0.2, 0.25) is 0 Å². The number of pyridine rings is 2. The molecule has 1 amide bonds. The molecular weight excluding hydrogens is 384 g/mol. The van der Waals surface area contributed by atoms with Crippen molar-refractivity contribution in [1.82, 2.24) is 19.8 Å². The number of benzene rings is 1. The van der Waals surface area contributed by atoms with Gasteiger partial charge in [0.25, 0.3) is 0 Å². The van der Waals surface area contributed by atoms with Gasteiger partial charge in [-0.1, -0.05) is 36.4 Å². The van der Waals surface area contributed by atoms with E-state index in [1.54, 1.807) is 11.1 Å². The van der Waals surface area contributed by atoms with Gasteiger partial charge in [0.05, 0.1) is 11.1 Å². The van der Waals surface area contributed by atoms with Gasteiger partial charge in [-0.15, -0.1) is 0 Å². The average molecular weight is 415 g/mol.